The molecular weight excluding hydrogens is 481 g/mol. The molecule has 0 saturated carbocycles. The van der Waals surface area contributed by atoms with Gasteiger partial charge in [-0.1, -0.05) is 20.8 Å². The van der Waals surface area contributed by atoms with Crippen LogP contribution in [0.4, 0.5) is 10.1 Å². The zero-order chi connectivity index (χ0) is 27.1. The number of nitrogens with one attached hydrogen (secondary N) is 1. The first kappa shape index (κ1) is 26.2. The number of ether oxygens (including phenoxy) is 3. The van der Waals surface area contributed by atoms with E-state index >= 15 is 4.39 Å². The summed E-state index contributed by atoms with van der Waals surface area (Å²) in [6.07, 6.45) is -0.0375. The fourth-order valence-electron chi connectivity index (χ4n) is 4.78. The lowest BCUT2D eigenvalue weighted by Crippen LogP contribution is -2.36. The first-order valence-electron chi connectivity index (χ1n) is 12.0. The molecule has 2 aliphatic heterocycles. The summed E-state index contributed by atoms with van der Waals surface area (Å²) in [5, 5.41) is 17.7. The Morgan fingerprint density at radius 2 is 1.89 bits per heavy atom. The predicted molar refractivity (Wildman–Crippen MR) is 136 cm³/mol. The van der Waals surface area contributed by atoms with Crippen LogP contribution in [0.3, 0.4) is 0 Å². The van der Waals surface area contributed by atoms with Gasteiger partial charge in [-0.25, -0.2) is 4.39 Å². The number of nitrogens with zero attached hydrogens (tertiary/aromatic N) is 2. The van der Waals surface area contributed by atoms with E-state index < -0.39 is 11.8 Å². The van der Waals surface area contributed by atoms with Crippen molar-refractivity contribution in [2.45, 2.75) is 39.2 Å². The van der Waals surface area contributed by atoms with Gasteiger partial charge >= 0.3 is 5.97 Å². The molecule has 9 nitrogen and oxygen atoms in total. The molecule has 0 radical (unpaired) electrons. The molecule has 2 N–H and O–H groups in total. The van der Waals surface area contributed by atoms with E-state index in [-0.39, 0.29) is 53.6 Å². The van der Waals surface area contributed by atoms with Gasteiger partial charge < -0.3 is 29.1 Å². The molecule has 0 atom stereocenters. The van der Waals surface area contributed by atoms with Gasteiger partial charge in [-0.3, -0.25) is 15.0 Å². The lowest BCUT2D eigenvalue weighted by molar-refractivity contribution is -0.136. The third kappa shape index (κ3) is 4.92. The molecule has 0 bridgehead atoms. The van der Waals surface area contributed by atoms with Crippen LogP contribution in [0.25, 0.3) is 0 Å². The average molecular weight is 514 g/mol. The van der Waals surface area contributed by atoms with E-state index in [2.05, 4.69) is 0 Å². The van der Waals surface area contributed by atoms with Crippen LogP contribution >= 0.6 is 0 Å². The van der Waals surface area contributed by atoms with Crippen LogP contribution in [-0.4, -0.2) is 68.1 Å². The van der Waals surface area contributed by atoms with Crippen molar-refractivity contribution in [2.24, 2.45) is 0 Å². The van der Waals surface area contributed by atoms with Gasteiger partial charge in [-0.05, 0) is 29.2 Å². The molecule has 37 heavy (non-hydrogen) atoms. The summed E-state index contributed by atoms with van der Waals surface area (Å²) in [6, 6.07) is 5.17. The van der Waals surface area contributed by atoms with Gasteiger partial charge in [0.15, 0.2) is 23.1 Å². The lowest BCUT2D eigenvalue weighted by Gasteiger charge is -2.35. The molecule has 0 unspecified atom stereocenters. The number of benzene rings is 2. The summed E-state index contributed by atoms with van der Waals surface area (Å²) in [7, 11) is 2.75. The number of carbonyl (C=O) groups excluding carboxylic acids is 1. The van der Waals surface area contributed by atoms with E-state index in [1.165, 1.54) is 19.1 Å². The fourth-order valence-corrected chi connectivity index (χ4v) is 4.78. The highest BCUT2D eigenvalue weighted by molar-refractivity contribution is 6.06. The Labute approximate surface area is 215 Å². The van der Waals surface area contributed by atoms with Crippen LogP contribution in [0, 0.1) is 11.2 Å². The van der Waals surface area contributed by atoms with Crippen molar-refractivity contribution in [3.63, 3.8) is 0 Å². The second-order valence-electron chi connectivity index (χ2n) is 10.2. The van der Waals surface area contributed by atoms with Crippen molar-refractivity contribution in [1.29, 1.82) is 5.41 Å². The van der Waals surface area contributed by atoms with E-state index in [1.807, 2.05) is 25.7 Å². The fraction of sp³-hybridized carbons (Fsp3) is 0.444. The van der Waals surface area contributed by atoms with Crippen LogP contribution in [0.1, 0.15) is 54.2 Å². The Bertz CT molecular complexity index is 1270. The first-order valence-corrected chi connectivity index (χ1v) is 12.0. The minimum Gasteiger partial charge on any atom is -0.493 e. The summed E-state index contributed by atoms with van der Waals surface area (Å²) in [5.41, 5.74) is 2.25. The highest BCUT2D eigenvalue weighted by atomic mass is 19.1. The van der Waals surface area contributed by atoms with Gasteiger partial charge in [0, 0.05) is 24.2 Å². The van der Waals surface area contributed by atoms with Crippen molar-refractivity contribution >= 4 is 23.3 Å². The number of hydrogen-bond donors (Lipinski definition) is 2. The molecule has 2 heterocycles. The van der Waals surface area contributed by atoms with Crippen molar-refractivity contribution in [2.75, 3.05) is 45.4 Å². The maximum absolute atomic E-state index is 15.1. The Hall–Kier alpha value is -3.82. The molecule has 198 valence electrons. The zero-order valence-corrected chi connectivity index (χ0v) is 21.7. The maximum Gasteiger partial charge on any atom is 0.305 e. The third-order valence-electron chi connectivity index (χ3n) is 6.69. The smallest absolute Gasteiger partial charge is 0.305 e. The van der Waals surface area contributed by atoms with Gasteiger partial charge in [0.1, 0.15) is 18.2 Å². The second-order valence-corrected chi connectivity index (χ2v) is 10.2. The molecule has 4 rings (SSSR count). The van der Waals surface area contributed by atoms with Gasteiger partial charge in [0.2, 0.25) is 0 Å². The summed E-state index contributed by atoms with van der Waals surface area (Å²) in [5.74, 6) is -1.12. The summed E-state index contributed by atoms with van der Waals surface area (Å²) < 4.78 is 31.5. The summed E-state index contributed by atoms with van der Waals surface area (Å²) >= 11 is 0. The van der Waals surface area contributed by atoms with Crippen molar-refractivity contribution < 1.29 is 33.3 Å². The number of methoxy groups -OCH3 is 2. The highest BCUT2D eigenvalue weighted by Crippen LogP contribution is 2.43. The number of halogens is 1. The number of amidine groups is 1. The lowest BCUT2D eigenvalue weighted by atomic mass is 9.84. The molecule has 10 heteroatoms. The number of anilines is 1. The minimum atomic E-state index is -0.899. The normalized spacial score (nSPS) is 14.7. The summed E-state index contributed by atoms with van der Waals surface area (Å²) in [6.45, 7) is 7.34. The average Bonchev–Trinajstić information content (AvgIpc) is 3.15. The Morgan fingerprint density at radius 3 is 2.51 bits per heavy atom. The molecule has 0 spiro atoms. The number of fused-ring (bicyclic) bond motifs is 2. The zero-order valence-electron chi connectivity index (χ0n) is 21.7. The Morgan fingerprint density at radius 1 is 1.16 bits per heavy atom. The molecule has 0 aromatic heterocycles. The number of carbonyl (C=O) groups is 2. The first-order chi connectivity index (χ1) is 17.5. The monoisotopic (exact) mass is 513 g/mol. The van der Waals surface area contributed by atoms with Crippen molar-refractivity contribution in [1.82, 2.24) is 4.90 Å². The van der Waals surface area contributed by atoms with Crippen LogP contribution in [0.15, 0.2) is 18.2 Å². The maximum atomic E-state index is 15.1. The second kappa shape index (κ2) is 9.91. The standard InChI is InChI=1S/C27H32FN3O6/c1-27(2,3)17-10-15(11-18-24(17)37-9-8-30(18)7-6-21(33)34)19(32)14-31-13-16-12-20(35-4)25(36-5)23(28)22(16)26(31)29/h10-12,29H,6-9,13-14H2,1-5H3,(H,33,34). The van der Waals surface area contributed by atoms with Gasteiger partial charge in [-0.15, -0.1) is 0 Å². The Kier molecular flexibility index (Phi) is 7.03. The number of aliphatic carboxylic acids is 1. The van der Waals surface area contributed by atoms with E-state index in [1.54, 1.807) is 18.2 Å². The molecule has 2 aromatic carbocycles. The predicted octanol–water partition coefficient (Wildman–Crippen LogP) is 3.84. The number of Topliss-reactive ketones (excluding diaryl/α,β-unsaturated/α-hetero) is 1. The topological polar surface area (TPSA) is 112 Å². The number of carboxylic acid groups (broad SMARTS) is 1. The molecule has 0 aliphatic carbocycles. The highest BCUT2D eigenvalue weighted by Gasteiger charge is 2.34. The molecule has 2 aliphatic rings. The number of rotatable bonds is 8. The van der Waals surface area contributed by atoms with Crippen molar-refractivity contribution in [3.8, 4) is 17.2 Å². The van der Waals surface area contributed by atoms with Crippen molar-refractivity contribution in [3.05, 3.63) is 46.3 Å². The minimum absolute atomic E-state index is 0.0375. The SMILES string of the molecule is COc1cc2c(c(F)c1OC)C(=N)N(CC(=O)c1cc3c(c(C(C)(C)C)c1)OCCN3CCC(=O)O)C2. The summed E-state index contributed by atoms with van der Waals surface area (Å²) in [4.78, 5) is 28.2. The molecule has 2 aromatic rings. The number of hydrogen-bond acceptors (Lipinski definition) is 7. The van der Waals surface area contributed by atoms with Crippen LogP contribution < -0.4 is 19.1 Å². The van der Waals surface area contributed by atoms with E-state index in [0.29, 0.717) is 42.3 Å². The number of carboxylic acids is 1. The van der Waals surface area contributed by atoms with Crippen LogP contribution in [0.5, 0.6) is 17.2 Å². The van der Waals surface area contributed by atoms with Gasteiger partial charge in [0.05, 0.1) is 45.0 Å². The van der Waals surface area contributed by atoms with E-state index in [9.17, 15) is 14.7 Å². The molecular formula is C27H32FN3O6. The largest absolute Gasteiger partial charge is 0.493 e. The third-order valence-corrected chi connectivity index (χ3v) is 6.69. The van der Waals surface area contributed by atoms with E-state index in [0.717, 1.165) is 5.56 Å². The van der Waals surface area contributed by atoms with E-state index in [4.69, 9.17) is 19.6 Å². The van der Waals surface area contributed by atoms with Gasteiger partial charge in [-0.2, -0.15) is 0 Å². The molecule has 0 fully saturated rings. The van der Waals surface area contributed by atoms with Crippen LogP contribution in [0.2, 0.25) is 0 Å². The molecule has 0 saturated heterocycles. The molecule has 0 amide bonds. The van der Waals surface area contributed by atoms with Crippen LogP contribution in [-0.2, 0) is 16.8 Å². The number of ketones is 1. The Balaban J connectivity index is 1.66. The van der Waals surface area contributed by atoms with Gasteiger partial charge in [0.25, 0.3) is 0 Å². The quantitative estimate of drug-likeness (QED) is 0.512.